The standard InChI is InChI=1S/C11H23N3O2S/c12-17(15,16)9-8-14-7-6-13-10-11(14)4-2-1-3-5-11/h13H,1-10H2,(H2,12,15,16). The average molecular weight is 261 g/mol. The third-order valence-corrected chi connectivity index (χ3v) is 4.86. The van der Waals surface area contributed by atoms with Gasteiger partial charge in [-0.05, 0) is 12.8 Å². The van der Waals surface area contributed by atoms with Crippen LogP contribution in [0.5, 0.6) is 0 Å². The molecule has 2 fully saturated rings. The predicted molar refractivity (Wildman–Crippen MR) is 68.2 cm³/mol. The Bertz CT molecular complexity index is 341. The van der Waals surface area contributed by atoms with E-state index < -0.39 is 10.0 Å². The van der Waals surface area contributed by atoms with Gasteiger partial charge in [-0.2, -0.15) is 0 Å². The maximum Gasteiger partial charge on any atom is 0.210 e. The summed E-state index contributed by atoms with van der Waals surface area (Å²) in [5.74, 6) is 0.0781. The fourth-order valence-electron chi connectivity index (χ4n) is 3.17. The van der Waals surface area contributed by atoms with E-state index in [9.17, 15) is 8.42 Å². The lowest BCUT2D eigenvalue weighted by Crippen LogP contribution is -2.62. The van der Waals surface area contributed by atoms with Crippen LogP contribution in [-0.2, 0) is 10.0 Å². The Balaban J connectivity index is 2.01. The summed E-state index contributed by atoms with van der Waals surface area (Å²) in [7, 11) is -3.34. The Morgan fingerprint density at radius 1 is 1.24 bits per heavy atom. The molecule has 0 bridgehead atoms. The molecule has 100 valence electrons. The van der Waals surface area contributed by atoms with Crippen molar-refractivity contribution in [1.82, 2.24) is 10.2 Å². The Hall–Kier alpha value is -0.170. The van der Waals surface area contributed by atoms with Crippen molar-refractivity contribution in [3.8, 4) is 0 Å². The van der Waals surface area contributed by atoms with Crippen molar-refractivity contribution >= 4 is 10.0 Å². The van der Waals surface area contributed by atoms with Gasteiger partial charge in [-0.1, -0.05) is 19.3 Å². The van der Waals surface area contributed by atoms with Crippen LogP contribution in [0.2, 0.25) is 0 Å². The first-order valence-corrected chi connectivity index (χ1v) is 8.20. The molecule has 0 aromatic rings. The van der Waals surface area contributed by atoms with Crippen LogP contribution in [0.25, 0.3) is 0 Å². The number of hydrogen-bond donors (Lipinski definition) is 2. The van der Waals surface area contributed by atoms with E-state index in [-0.39, 0.29) is 11.3 Å². The second-order valence-electron chi connectivity index (χ2n) is 5.32. The van der Waals surface area contributed by atoms with E-state index in [4.69, 9.17) is 5.14 Å². The van der Waals surface area contributed by atoms with Crippen LogP contribution >= 0.6 is 0 Å². The Morgan fingerprint density at radius 3 is 2.59 bits per heavy atom. The van der Waals surface area contributed by atoms with Gasteiger partial charge in [0.2, 0.25) is 10.0 Å². The largest absolute Gasteiger partial charge is 0.314 e. The van der Waals surface area contributed by atoms with Crippen LogP contribution in [0.1, 0.15) is 32.1 Å². The molecule has 1 saturated carbocycles. The van der Waals surface area contributed by atoms with Crippen LogP contribution in [0.15, 0.2) is 0 Å². The molecule has 0 aromatic heterocycles. The van der Waals surface area contributed by atoms with Crippen molar-refractivity contribution in [2.45, 2.75) is 37.6 Å². The third kappa shape index (κ3) is 3.40. The summed E-state index contributed by atoms with van der Waals surface area (Å²) in [6.45, 7) is 3.47. The van der Waals surface area contributed by atoms with E-state index in [0.29, 0.717) is 6.54 Å². The van der Waals surface area contributed by atoms with Gasteiger partial charge < -0.3 is 5.32 Å². The number of nitrogens with zero attached hydrogens (tertiary/aromatic N) is 1. The van der Waals surface area contributed by atoms with Crippen molar-refractivity contribution in [3.05, 3.63) is 0 Å². The minimum absolute atomic E-state index is 0.0781. The molecule has 0 unspecified atom stereocenters. The summed E-state index contributed by atoms with van der Waals surface area (Å²) in [5, 5.41) is 8.55. The summed E-state index contributed by atoms with van der Waals surface area (Å²) >= 11 is 0. The van der Waals surface area contributed by atoms with Crippen LogP contribution < -0.4 is 10.5 Å². The van der Waals surface area contributed by atoms with Crippen molar-refractivity contribution < 1.29 is 8.42 Å². The van der Waals surface area contributed by atoms with E-state index in [1.54, 1.807) is 0 Å². The molecule has 3 N–H and O–H groups in total. The van der Waals surface area contributed by atoms with E-state index in [2.05, 4.69) is 10.2 Å². The average Bonchev–Trinajstić information content (AvgIpc) is 2.28. The van der Waals surface area contributed by atoms with E-state index in [1.165, 1.54) is 32.1 Å². The van der Waals surface area contributed by atoms with Gasteiger partial charge in [-0.15, -0.1) is 0 Å². The molecular formula is C11H23N3O2S. The minimum atomic E-state index is -3.34. The molecule has 1 heterocycles. The number of nitrogens with two attached hydrogens (primary N) is 1. The molecule has 0 radical (unpaired) electrons. The number of nitrogens with one attached hydrogen (secondary N) is 1. The molecule has 0 amide bonds. The fourth-order valence-corrected chi connectivity index (χ4v) is 3.65. The minimum Gasteiger partial charge on any atom is -0.314 e. The molecular weight excluding hydrogens is 238 g/mol. The Labute approximate surface area is 104 Å². The summed E-state index contributed by atoms with van der Waals surface area (Å²) in [6, 6.07) is 0. The molecule has 0 aromatic carbocycles. The van der Waals surface area contributed by atoms with Crippen LogP contribution in [0.3, 0.4) is 0 Å². The summed E-state index contributed by atoms with van der Waals surface area (Å²) in [5.41, 5.74) is 0.196. The molecule has 1 aliphatic heterocycles. The van der Waals surface area contributed by atoms with Gasteiger partial charge in [0.05, 0.1) is 5.75 Å². The summed E-state index contributed by atoms with van der Waals surface area (Å²) < 4.78 is 22.2. The maximum atomic E-state index is 11.1. The molecule has 1 aliphatic carbocycles. The number of sulfonamides is 1. The maximum absolute atomic E-state index is 11.1. The van der Waals surface area contributed by atoms with Gasteiger partial charge in [-0.3, -0.25) is 4.90 Å². The summed E-state index contributed by atoms with van der Waals surface area (Å²) in [6.07, 6.45) is 6.20. The lowest BCUT2D eigenvalue weighted by molar-refractivity contribution is 0.0330. The van der Waals surface area contributed by atoms with Crippen LogP contribution in [0.4, 0.5) is 0 Å². The first kappa shape index (κ1) is 13.3. The van der Waals surface area contributed by atoms with E-state index >= 15 is 0 Å². The lowest BCUT2D eigenvalue weighted by Gasteiger charge is -2.50. The van der Waals surface area contributed by atoms with Gasteiger partial charge in [0.15, 0.2) is 0 Å². The van der Waals surface area contributed by atoms with Gasteiger partial charge >= 0.3 is 0 Å². The van der Waals surface area contributed by atoms with Crippen molar-refractivity contribution in [2.24, 2.45) is 5.14 Å². The Kier molecular flexibility index (Phi) is 4.07. The molecule has 1 saturated heterocycles. The van der Waals surface area contributed by atoms with Gasteiger partial charge in [0.1, 0.15) is 0 Å². The van der Waals surface area contributed by atoms with Crippen LogP contribution in [0, 0.1) is 0 Å². The van der Waals surface area contributed by atoms with Gasteiger partial charge in [0, 0.05) is 31.7 Å². The molecule has 1 spiro atoms. The number of hydrogen-bond acceptors (Lipinski definition) is 4. The lowest BCUT2D eigenvalue weighted by atomic mass is 9.79. The second-order valence-corrected chi connectivity index (χ2v) is 7.05. The van der Waals surface area contributed by atoms with Crippen molar-refractivity contribution in [2.75, 3.05) is 31.9 Å². The number of piperazine rings is 1. The highest BCUT2D eigenvalue weighted by Crippen LogP contribution is 2.34. The first-order valence-electron chi connectivity index (χ1n) is 6.48. The molecule has 2 rings (SSSR count). The van der Waals surface area contributed by atoms with E-state index in [0.717, 1.165) is 19.6 Å². The highest BCUT2D eigenvalue weighted by molar-refractivity contribution is 7.89. The number of rotatable bonds is 3. The molecule has 2 aliphatic rings. The first-order chi connectivity index (χ1) is 8.02. The van der Waals surface area contributed by atoms with Crippen molar-refractivity contribution in [3.63, 3.8) is 0 Å². The SMILES string of the molecule is NS(=O)(=O)CCN1CCNCC12CCCCC2. The normalized spacial score (nSPS) is 26.2. The molecule has 5 nitrogen and oxygen atoms in total. The zero-order valence-corrected chi connectivity index (χ0v) is 11.1. The smallest absolute Gasteiger partial charge is 0.210 e. The highest BCUT2D eigenvalue weighted by Gasteiger charge is 2.39. The second kappa shape index (κ2) is 5.22. The highest BCUT2D eigenvalue weighted by atomic mass is 32.2. The summed E-state index contributed by atoms with van der Waals surface area (Å²) in [4.78, 5) is 2.35. The zero-order chi connectivity index (χ0) is 12.4. The Morgan fingerprint density at radius 2 is 1.94 bits per heavy atom. The molecule has 17 heavy (non-hydrogen) atoms. The predicted octanol–water partition coefficient (Wildman–Crippen LogP) is -0.117. The van der Waals surface area contributed by atoms with Crippen LogP contribution in [-0.4, -0.2) is 50.8 Å². The monoisotopic (exact) mass is 261 g/mol. The quantitative estimate of drug-likeness (QED) is 0.743. The van der Waals surface area contributed by atoms with Gasteiger partial charge in [-0.25, -0.2) is 13.6 Å². The fraction of sp³-hybridized carbons (Fsp3) is 1.00. The number of primary sulfonamides is 1. The molecule has 0 atom stereocenters. The third-order valence-electron chi connectivity index (χ3n) is 4.11. The van der Waals surface area contributed by atoms with Gasteiger partial charge in [0.25, 0.3) is 0 Å². The zero-order valence-electron chi connectivity index (χ0n) is 10.3. The topological polar surface area (TPSA) is 75.4 Å². The molecule has 6 heteroatoms. The van der Waals surface area contributed by atoms with E-state index in [1.807, 2.05) is 0 Å². The van der Waals surface area contributed by atoms with Crippen molar-refractivity contribution in [1.29, 1.82) is 0 Å².